The highest BCUT2D eigenvalue weighted by molar-refractivity contribution is 6.34. The molecule has 0 unspecified atom stereocenters. The van der Waals surface area contributed by atoms with Crippen LogP contribution in [-0.2, 0) is 13.7 Å². The Labute approximate surface area is 214 Å². The maximum atomic E-state index is 14.8. The lowest BCUT2D eigenvalue weighted by atomic mass is 9.89. The molecule has 2 heterocycles. The maximum Gasteiger partial charge on any atom is 0.170 e. The third-order valence-electron chi connectivity index (χ3n) is 7.06. The number of nitrogens with zero attached hydrogens (tertiary/aromatic N) is 6. The van der Waals surface area contributed by atoms with Crippen LogP contribution in [0.15, 0.2) is 40.7 Å². The zero-order valence-corrected chi connectivity index (χ0v) is 22.2. The molecule has 198 valence electrons. The highest BCUT2D eigenvalue weighted by Crippen LogP contribution is 2.28. The lowest BCUT2D eigenvalue weighted by Crippen LogP contribution is -2.46. The first-order valence-electron chi connectivity index (χ1n) is 13.1. The quantitative estimate of drug-likeness (QED) is 0.340. The number of rotatable bonds is 7. The van der Waals surface area contributed by atoms with Gasteiger partial charge in [0.25, 0.3) is 0 Å². The number of ether oxygens (including phenoxy) is 1. The van der Waals surface area contributed by atoms with Gasteiger partial charge in [-0.3, -0.25) is 4.99 Å². The van der Waals surface area contributed by atoms with Gasteiger partial charge in [-0.2, -0.15) is 5.10 Å². The molecule has 1 saturated carbocycles. The molecule has 1 saturated heterocycles. The summed E-state index contributed by atoms with van der Waals surface area (Å²) >= 11 is 0. The van der Waals surface area contributed by atoms with E-state index in [1.54, 1.807) is 12.5 Å². The molecule has 2 fully saturated rings. The molecule has 9 heteroatoms. The number of aliphatic imine (C=N–C) groups is 1. The Morgan fingerprint density at radius 3 is 2.56 bits per heavy atom. The van der Waals surface area contributed by atoms with Crippen LogP contribution in [0.4, 0.5) is 4.39 Å². The van der Waals surface area contributed by atoms with Crippen molar-refractivity contribution in [3.8, 4) is 5.75 Å². The summed E-state index contributed by atoms with van der Waals surface area (Å²) in [4.78, 5) is 6.63. The molecule has 4 rings (SSSR count). The summed E-state index contributed by atoms with van der Waals surface area (Å²) < 4.78 is 22.4. The molecular weight excluding hydrogens is 457 g/mol. The zero-order chi connectivity index (χ0) is 26.0. The SMILES string of the molecule is CC(C)c1cccc(OCc2nncn2C)c1.CN1CCC(F)(/C(C=NC2CCCCC2)=N/N)CC1. The van der Waals surface area contributed by atoms with Gasteiger partial charge < -0.3 is 20.0 Å². The van der Waals surface area contributed by atoms with Crippen molar-refractivity contribution in [1.82, 2.24) is 19.7 Å². The summed E-state index contributed by atoms with van der Waals surface area (Å²) in [7, 11) is 3.91. The molecule has 8 nitrogen and oxygen atoms in total. The molecule has 0 spiro atoms. The van der Waals surface area contributed by atoms with E-state index in [2.05, 4.69) is 51.2 Å². The summed E-state index contributed by atoms with van der Waals surface area (Å²) in [6.45, 7) is 6.27. The average molecular weight is 500 g/mol. The van der Waals surface area contributed by atoms with Crippen molar-refractivity contribution in [2.24, 2.45) is 23.0 Å². The Hall–Kier alpha value is -2.81. The summed E-state index contributed by atoms with van der Waals surface area (Å²) in [6, 6.07) is 8.49. The lowest BCUT2D eigenvalue weighted by molar-refractivity contribution is 0.131. The number of hydrogen-bond acceptors (Lipinski definition) is 7. The van der Waals surface area contributed by atoms with Crippen molar-refractivity contribution >= 4 is 11.9 Å². The Morgan fingerprint density at radius 1 is 1.22 bits per heavy atom. The predicted molar refractivity (Wildman–Crippen MR) is 143 cm³/mol. The number of hydrazone groups is 1. The number of nitrogens with two attached hydrogens (primary N) is 1. The first kappa shape index (κ1) is 27.8. The highest BCUT2D eigenvalue weighted by Gasteiger charge is 2.38. The number of hydrogen-bond donors (Lipinski definition) is 1. The smallest absolute Gasteiger partial charge is 0.170 e. The minimum absolute atomic E-state index is 0.325. The van der Waals surface area contributed by atoms with Gasteiger partial charge in [0, 0.05) is 45.2 Å². The van der Waals surface area contributed by atoms with Gasteiger partial charge in [-0.1, -0.05) is 45.2 Å². The van der Waals surface area contributed by atoms with E-state index >= 15 is 0 Å². The van der Waals surface area contributed by atoms with E-state index in [9.17, 15) is 4.39 Å². The molecule has 0 radical (unpaired) electrons. The molecule has 1 aliphatic carbocycles. The van der Waals surface area contributed by atoms with Crippen molar-refractivity contribution in [3.05, 3.63) is 42.0 Å². The summed E-state index contributed by atoms with van der Waals surface area (Å²) in [5, 5.41) is 11.5. The molecule has 1 aliphatic heterocycles. The summed E-state index contributed by atoms with van der Waals surface area (Å²) in [5.41, 5.74) is 0.214. The molecule has 36 heavy (non-hydrogen) atoms. The minimum Gasteiger partial charge on any atom is -0.486 e. The highest BCUT2D eigenvalue weighted by atomic mass is 19.1. The number of halogens is 1. The lowest BCUT2D eigenvalue weighted by Gasteiger charge is -2.34. The fourth-order valence-electron chi connectivity index (χ4n) is 4.45. The number of aryl methyl sites for hydroxylation is 1. The normalized spacial score (nSPS) is 19.3. The van der Waals surface area contributed by atoms with Gasteiger partial charge in [-0.25, -0.2) is 4.39 Å². The number of alkyl halides is 1. The number of benzene rings is 1. The van der Waals surface area contributed by atoms with E-state index in [4.69, 9.17) is 10.6 Å². The second-order valence-corrected chi connectivity index (χ2v) is 10.2. The Kier molecular flexibility index (Phi) is 10.4. The maximum absolute atomic E-state index is 14.8. The van der Waals surface area contributed by atoms with Gasteiger partial charge in [0.05, 0.1) is 0 Å². The van der Waals surface area contributed by atoms with Crippen molar-refractivity contribution in [3.63, 3.8) is 0 Å². The molecule has 1 aromatic heterocycles. The Balaban J connectivity index is 0.000000202. The van der Waals surface area contributed by atoms with Crippen molar-refractivity contribution in [2.45, 2.75) is 83.0 Å². The van der Waals surface area contributed by atoms with Gasteiger partial charge in [0.2, 0.25) is 0 Å². The zero-order valence-electron chi connectivity index (χ0n) is 22.2. The molecular formula is C27H42FN7O. The molecule has 0 atom stereocenters. The standard InChI is InChI=1S/C14H25FN4.C13H17N3O/c1-19-9-7-14(15,8-10-19)13(18-16)11-17-12-5-3-2-4-6-12;1-10(2)11-5-4-6-12(7-11)17-8-13-15-14-9-16(13)3/h11-12H,2-10,16H2,1H3;4-7,9-10H,8H2,1-3H3/b17-11?,18-13+;. The molecule has 0 amide bonds. The molecule has 2 N–H and O–H groups in total. The fourth-order valence-corrected chi connectivity index (χ4v) is 4.45. The molecule has 1 aromatic carbocycles. The largest absolute Gasteiger partial charge is 0.486 e. The van der Waals surface area contributed by atoms with Crippen LogP contribution in [-0.4, -0.2) is 63.4 Å². The van der Waals surface area contributed by atoms with Gasteiger partial charge in [0.1, 0.15) is 24.4 Å². The van der Waals surface area contributed by atoms with Crippen LogP contribution in [0.5, 0.6) is 5.75 Å². The minimum atomic E-state index is -1.39. The van der Waals surface area contributed by atoms with E-state index in [1.807, 2.05) is 30.8 Å². The van der Waals surface area contributed by atoms with E-state index in [0.717, 1.165) is 37.5 Å². The van der Waals surface area contributed by atoms with E-state index < -0.39 is 5.67 Å². The van der Waals surface area contributed by atoms with Gasteiger partial charge in [-0.15, -0.1) is 10.2 Å². The number of aromatic nitrogens is 3. The third-order valence-corrected chi connectivity index (χ3v) is 7.06. The fraction of sp³-hybridized carbons (Fsp3) is 0.630. The second-order valence-electron chi connectivity index (χ2n) is 10.2. The van der Waals surface area contributed by atoms with Crippen molar-refractivity contribution in [2.75, 3.05) is 20.1 Å². The third kappa shape index (κ3) is 8.11. The monoisotopic (exact) mass is 499 g/mol. The van der Waals surface area contributed by atoms with E-state index in [1.165, 1.54) is 24.8 Å². The van der Waals surface area contributed by atoms with Crippen molar-refractivity contribution in [1.29, 1.82) is 0 Å². The number of piperidine rings is 1. The average Bonchev–Trinajstić information content (AvgIpc) is 3.31. The van der Waals surface area contributed by atoms with Crippen LogP contribution in [0.3, 0.4) is 0 Å². The van der Waals surface area contributed by atoms with Crippen LogP contribution >= 0.6 is 0 Å². The molecule has 2 aromatic rings. The van der Waals surface area contributed by atoms with Gasteiger partial charge >= 0.3 is 0 Å². The van der Waals surface area contributed by atoms with E-state index in [0.29, 0.717) is 37.1 Å². The first-order valence-corrected chi connectivity index (χ1v) is 13.1. The topological polar surface area (TPSA) is 93.9 Å². The van der Waals surface area contributed by atoms with Gasteiger partial charge in [-0.05, 0) is 43.5 Å². The summed E-state index contributed by atoms with van der Waals surface area (Å²) in [5.74, 6) is 7.58. The summed E-state index contributed by atoms with van der Waals surface area (Å²) in [6.07, 6.45) is 10.1. The number of likely N-dealkylation sites (tertiary alicyclic amines) is 1. The predicted octanol–water partition coefficient (Wildman–Crippen LogP) is 4.66. The van der Waals surface area contributed by atoms with Crippen LogP contribution in [0.25, 0.3) is 0 Å². The van der Waals surface area contributed by atoms with E-state index in [-0.39, 0.29) is 0 Å². The molecule has 2 aliphatic rings. The van der Waals surface area contributed by atoms with Crippen molar-refractivity contribution < 1.29 is 9.13 Å². The Bertz CT molecular complexity index is 990. The van der Waals surface area contributed by atoms with Gasteiger partial charge in [0.15, 0.2) is 11.5 Å². The molecule has 0 bridgehead atoms. The van der Waals surface area contributed by atoms with Crippen LogP contribution in [0.1, 0.15) is 76.1 Å². The Morgan fingerprint density at radius 2 is 1.94 bits per heavy atom. The second kappa shape index (κ2) is 13.5. The van der Waals surface area contributed by atoms with Crippen LogP contribution in [0, 0.1) is 0 Å². The van der Waals surface area contributed by atoms with Crippen LogP contribution < -0.4 is 10.6 Å². The van der Waals surface area contributed by atoms with Crippen LogP contribution in [0.2, 0.25) is 0 Å². The first-order chi connectivity index (χ1) is 17.3.